The minimum absolute atomic E-state index is 0.171. The van der Waals surface area contributed by atoms with Crippen LogP contribution in [0.1, 0.15) is 17.9 Å². The first-order chi connectivity index (χ1) is 6.84. The van der Waals surface area contributed by atoms with E-state index in [2.05, 4.69) is 22.8 Å². The highest BCUT2D eigenvalue weighted by Crippen LogP contribution is 2.38. The van der Waals surface area contributed by atoms with Crippen molar-refractivity contribution in [3.8, 4) is 0 Å². The normalized spacial score (nSPS) is 28.7. The SMILES string of the molecule is O=C1CC2c3ccccc3NC2CN1. The van der Waals surface area contributed by atoms with Crippen molar-refractivity contribution in [3.05, 3.63) is 29.8 Å². The Labute approximate surface area is 82.5 Å². The number of hydrogen-bond donors (Lipinski definition) is 2. The third-order valence-corrected chi connectivity index (χ3v) is 3.11. The zero-order valence-electron chi connectivity index (χ0n) is 7.79. The Hall–Kier alpha value is -1.51. The number of fused-ring (bicyclic) bond motifs is 3. The number of carbonyl (C=O) groups excluding carboxylic acids is 1. The van der Waals surface area contributed by atoms with Gasteiger partial charge >= 0.3 is 0 Å². The Morgan fingerprint density at radius 1 is 1.29 bits per heavy atom. The molecule has 3 nitrogen and oxygen atoms in total. The summed E-state index contributed by atoms with van der Waals surface area (Å²) in [6, 6.07) is 8.66. The summed E-state index contributed by atoms with van der Waals surface area (Å²) in [6.45, 7) is 0.748. The number of amides is 1. The molecule has 0 saturated carbocycles. The zero-order chi connectivity index (χ0) is 9.54. The fraction of sp³-hybridized carbons (Fsp3) is 0.364. The van der Waals surface area contributed by atoms with Gasteiger partial charge in [-0.2, -0.15) is 0 Å². The van der Waals surface area contributed by atoms with Gasteiger partial charge in [0.1, 0.15) is 0 Å². The van der Waals surface area contributed by atoms with Crippen LogP contribution >= 0.6 is 0 Å². The molecule has 2 N–H and O–H groups in total. The molecule has 1 aromatic carbocycles. The average Bonchev–Trinajstić information content (AvgIpc) is 2.56. The van der Waals surface area contributed by atoms with Crippen LogP contribution in [0.5, 0.6) is 0 Å². The van der Waals surface area contributed by atoms with Crippen molar-refractivity contribution in [2.45, 2.75) is 18.4 Å². The number of rotatable bonds is 0. The molecule has 1 fully saturated rings. The van der Waals surface area contributed by atoms with E-state index in [0.717, 1.165) is 6.54 Å². The fourth-order valence-electron chi connectivity index (χ4n) is 2.41. The Morgan fingerprint density at radius 3 is 3.07 bits per heavy atom. The van der Waals surface area contributed by atoms with E-state index in [4.69, 9.17) is 0 Å². The van der Waals surface area contributed by atoms with Crippen molar-refractivity contribution in [1.29, 1.82) is 0 Å². The molecule has 1 amide bonds. The first-order valence-electron chi connectivity index (χ1n) is 4.97. The Morgan fingerprint density at radius 2 is 2.14 bits per heavy atom. The molecule has 2 heterocycles. The molecule has 0 spiro atoms. The predicted molar refractivity (Wildman–Crippen MR) is 54.2 cm³/mol. The summed E-state index contributed by atoms with van der Waals surface area (Å²) >= 11 is 0. The second kappa shape index (κ2) is 2.74. The van der Waals surface area contributed by atoms with Gasteiger partial charge in [-0.25, -0.2) is 0 Å². The number of carbonyl (C=O) groups is 1. The predicted octanol–water partition coefficient (Wildman–Crippen LogP) is 1.08. The fourth-order valence-corrected chi connectivity index (χ4v) is 2.41. The van der Waals surface area contributed by atoms with E-state index in [1.54, 1.807) is 0 Å². The Bertz CT molecular complexity index is 389. The second-order valence-electron chi connectivity index (χ2n) is 3.95. The largest absolute Gasteiger partial charge is 0.380 e. The van der Waals surface area contributed by atoms with Crippen LogP contribution in [0.4, 0.5) is 5.69 Å². The van der Waals surface area contributed by atoms with Crippen LogP contribution in [0.15, 0.2) is 24.3 Å². The molecule has 2 aliphatic rings. The Kier molecular flexibility index (Phi) is 1.54. The molecule has 2 aliphatic heterocycles. The molecule has 72 valence electrons. The maximum absolute atomic E-state index is 11.3. The van der Waals surface area contributed by atoms with E-state index in [9.17, 15) is 4.79 Å². The van der Waals surface area contributed by atoms with Crippen molar-refractivity contribution < 1.29 is 4.79 Å². The quantitative estimate of drug-likeness (QED) is 0.639. The average molecular weight is 188 g/mol. The van der Waals surface area contributed by atoms with Gasteiger partial charge in [0.25, 0.3) is 0 Å². The third kappa shape index (κ3) is 1.02. The highest BCUT2D eigenvalue weighted by Gasteiger charge is 2.36. The van der Waals surface area contributed by atoms with E-state index in [1.165, 1.54) is 11.3 Å². The first kappa shape index (κ1) is 7.85. The lowest BCUT2D eigenvalue weighted by Crippen LogP contribution is -2.43. The molecule has 1 aromatic rings. The smallest absolute Gasteiger partial charge is 0.220 e. The van der Waals surface area contributed by atoms with Gasteiger partial charge in [0, 0.05) is 24.6 Å². The molecular formula is C11H12N2O. The molecule has 3 heteroatoms. The number of para-hydroxylation sites is 1. The maximum atomic E-state index is 11.3. The van der Waals surface area contributed by atoms with Crippen molar-refractivity contribution in [3.63, 3.8) is 0 Å². The maximum Gasteiger partial charge on any atom is 0.220 e. The lowest BCUT2D eigenvalue weighted by molar-refractivity contribution is -0.122. The number of hydrogen-bond acceptors (Lipinski definition) is 2. The minimum atomic E-state index is 0.171. The van der Waals surface area contributed by atoms with Gasteiger partial charge in [0.05, 0.1) is 6.04 Å². The van der Waals surface area contributed by atoms with E-state index < -0.39 is 0 Å². The number of anilines is 1. The monoisotopic (exact) mass is 188 g/mol. The van der Waals surface area contributed by atoms with E-state index in [0.29, 0.717) is 18.4 Å². The highest BCUT2D eigenvalue weighted by molar-refractivity contribution is 5.80. The molecule has 0 aliphatic carbocycles. The summed E-state index contributed by atoms with van der Waals surface area (Å²) in [5.41, 5.74) is 2.49. The Balaban J connectivity index is 2.00. The van der Waals surface area contributed by atoms with Crippen molar-refractivity contribution >= 4 is 11.6 Å². The number of piperidine rings is 1. The van der Waals surface area contributed by atoms with Gasteiger partial charge in [-0.15, -0.1) is 0 Å². The standard InChI is InChI=1S/C11H12N2O/c14-11-5-8-7-3-1-2-4-9(7)13-10(8)6-12-11/h1-4,8,10,13H,5-6H2,(H,12,14). The first-order valence-corrected chi connectivity index (χ1v) is 4.97. The van der Waals surface area contributed by atoms with Crippen LogP contribution in [-0.2, 0) is 4.79 Å². The van der Waals surface area contributed by atoms with Crippen molar-refractivity contribution in [2.24, 2.45) is 0 Å². The van der Waals surface area contributed by atoms with Gasteiger partial charge in [-0.1, -0.05) is 18.2 Å². The molecule has 2 unspecified atom stereocenters. The molecule has 0 bridgehead atoms. The molecular weight excluding hydrogens is 176 g/mol. The van der Waals surface area contributed by atoms with E-state index in [1.807, 2.05) is 12.1 Å². The summed E-state index contributed by atoms with van der Waals surface area (Å²) < 4.78 is 0. The molecule has 14 heavy (non-hydrogen) atoms. The van der Waals surface area contributed by atoms with Crippen LogP contribution in [0, 0.1) is 0 Å². The topological polar surface area (TPSA) is 41.1 Å². The van der Waals surface area contributed by atoms with E-state index >= 15 is 0 Å². The van der Waals surface area contributed by atoms with Gasteiger partial charge < -0.3 is 10.6 Å². The van der Waals surface area contributed by atoms with Crippen molar-refractivity contribution in [1.82, 2.24) is 5.32 Å². The van der Waals surface area contributed by atoms with Crippen LogP contribution in [0.25, 0.3) is 0 Å². The zero-order valence-corrected chi connectivity index (χ0v) is 7.79. The molecule has 0 radical (unpaired) electrons. The van der Waals surface area contributed by atoms with Gasteiger partial charge in [0.2, 0.25) is 5.91 Å². The van der Waals surface area contributed by atoms with Gasteiger partial charge in [-0.3, -0.25) is 4.79 Å². The lowest BCUT2D eigenvalue weighted by atomic mass is 9.89. The molecule has 2 atom stereocenters. The van der Waals surface area contributed by atoms with Crippen LogP contribution < -0.4 is 10.6 Å². The second-order valence-corrected chi connectivity index (χ2v) is 3.95. The van der Waals surface area contributed by atoms with Crippen LogP contribution in [0.3, 0.4) is 0 Å². The molecule has 3 rings (SSSR count). The molecule has 1 saturated heterocycles. The van der Waals surface area contributed by atoms with Crippen LogP contribution in [-0.4, -0.2) is 18.5 Å². The summed E-state index contributed by atoms with van der Waals surface area (Å²) in [4.78, 5) is 11.3. The summed E-state index contributed by atoms with van der Waals surface area (Å²) in [6.07, 6.45) is 0.620. The summed E-state index contributed by atoms with van der Waals surface area (Å²) in [7, 11) is 0. The van der Waals surface area contributed by atoms with Gasteiger partial charge in [-0.05, 0) is 11.6 Å². The lowest BCUT2D eigenvalue weighted by Gasteiger charge is -2.25. The number of benzene rings is 1. The highest BCUT2D eigenvalue weighted by atomic mass is 16.1. The number of nitrogens with one attached hydrogen (secondary N) is 2. The van der Waals surface area contributed by atoms with Gasteiger partial charge in [0.15, 0.2) is 0 Å². The van der Waals surface area contributed by atoms with E-state index in [-0.39, 0.29) is 5.91 Å². The molecule has 0 aromatic heterocycles. The summed E-state index contributed by atoms with van der Waals surface area (Å²) in [5.74, 6) is 0.546. The van der Waals surface area contributed by atoms with Crippen molar-refractivity contribution in [2.75, 3.05) is 11.9 Å². The third-order valence-electron chi connectivity index (χ3n) is 3.11. The minimum Gasteiger partial charge on any atom is -0.380 e. The summed E-state index contributed by atoms with van der Waals surface area (Å²) in [5, 5.41) is 6.33. The van der Waals surface area contributed by atoms with Crippen LogP contribution in [0.2, 0.25) is 0 Å².